The molecule has 0 aromatic heterocycles. The van der Waals surface area contributed by atoms with Gasteiger partial charge in [-0.25, -0.2) is 0 Å². The van der Waals surface area contributed by atoms with Gasteiger partial charge in [-0.1, -0.05) is 56.4 Å². The average Bonchev–Trinajstić information content (AvgIpc) is 3.06. The van der Waals surface area contributed by atoms with Crippen LogP contribution in [-0.2, 0) is 19.1 Å². The molecule has 2 aliphatic carbocycles. The Kier molecular flexibility index (Phi) is 6.83. The van der Waals surface area contributed by atoms with Crippen molar-refractivity contribution in [2.24, 2.45) is 11.8 Å². The molecule has 0 spiro atoms. The van der Waals surface area contributed by atoms with Crippen LogP contribution < -0.4 is 0 Å². The molecule has 4 rings (SSSR count). The van der Waals surface area contributed by atoms with E-state index < -0.39 is 5.97 Å². The monoisotopic (exact) mass is 425 g/mol. The summed E-state index contributed by atoms with van der Waals surface area (Å²) in [4.78, 5) is 50.6. The van der Waals surface area contributed by atoms with Crippen LogP contribution in [0.15, 0.2) is 24.3 Å². The number of imide groups is 1. The standard InChI is InChI=1S/C25H31NO5/c27-22(19-12-10-18(11-13-19)17-6-2-1-3-7-17)16-31-23(28)14-15-26-24(29)20-8-4-5-9-21(20)25(26)30/h10-13,17,20-21H,1-9,14-16H2/t20-,21-/m0/s1. The molecule has 1 saturated heterocycles. The first-order valence-corrected chi connectivity index (χ1v) is 11.7. The molecule has 1 aromatic carbocycles. The number of carbonyl (C=O) groups is 4. The SMILES string of the molecule is O=C(CCN1C(=O)[C@H]2CCCC[C@@H]2C1=O)OCC(=O)c1ccc(C2CCCCC2)cc1. The van der Waals surface area contributed by atoms with E-state index in [0.717, 1.165) is 25.7 Å². The van der Waals surface area contributed by atoms with E-state index in [9.17, 15) is 19.2 Å². The first-order chi connectivity index (χ1) is 15.0. The van der Waals surface area contributed by atoms with E-state index >= 15 is 0 Å². The van der Waals surface area contributed by atoms with Crippen molar-refractivity contribution in [2.75, 3.05) is 13.2 Å². The zero-order valence-electron chi connectivity index (χ0n) is 18.0. The van der Waals surface area contributed by atoms with Crippen molar-refractivity contribution >= 4 is 23.6 Å². The second kappa shape index (κ2) is 9.75. The number of likely N-dealkylation sites (tertiary alicyclic amines) is 1. The second-order valence-corrected chi connectivity index (χ2v) is 9.12. The Morgan fingerprint density at radius 2 is 1.42 bits per heavy atom. The summed E-state index contributed by atoms with van der Waals surface area (Å²) in [5, 5.41) is 0. The van der Waals surface area contributed by atoms with Crippen LogP contribution in [0.5, 0.6) is 0 Å². The van der Waals surface area contributed by atoms with Gasteiger partial charge in [0.1, 0.15) is 0 Å². The van der Waals surface area contributed by atoms with Crippen molar-refractivity contribution in [1.29, 1.82) is 0 Å². The van der Waals surface area contributed by atoms with Gasteiger partial charge in [0.15, 0.2) is 12.4 Å². The van der Waals surface area contributed by atoms with Gasteiger partial charge in [-0.2, -0.15) is 0 Å². The normalized spacial score (nSPS) is 24.2. The molecule has 6 heteroatoms. The molecule has 1 heterocycles. The quantitative estimate of drug-likeness (QED) is 0.374. The second-order valence-electron chi connectivity index (χ2n) is 9.12. The predicted molar refractivity (Wildman–Crippen MR) is 114 cm³/mol. The van der Waals surface area contributed by atoms with Gasteiger partial charge in [0.2, 0.25) is 11.8 Å². The molecule has 2 atom stereocenters. The fourth-order valence-corrected chi connectivity index (χ4v) is 5.33. The summed E-state index contributed by atoms with van der Waals surface area (Å²) in [5.74, 6) is -0.972. The van der Waals surface area contributed by atoms with Crippen LogP contribution in [0.4, 0.5) is 0 Å². The van der Waals surface area contributed by atoms with Crippen molar-refractivity contribution in [2.45, 2.75) is 70.1 Å². The topological polar surface area (TPSA) is 80.8 Å². The highest BCUT2D eigenvalue weighted by Crippen LogP contribution is 2.38. The largest absolute Gasteiger partial charge is 0.457 e. The van der Waals surface area contributed by atoms with E-state index in [1.165, 1.54) is 42.6 Å². The van der Waals surface area contributed by atoms with Crippen molar-refractivity contribution < 1.29 is 23.9 Å². The van der Waals surface area contributed by atoms with Gasteiger partial charge in [0, 0.05) is 12.1 Å². The lowest BCUT2D eigenvalue weighted by Gasteiger charge is -2.22. The summed E-state index contributed by atoms with van der Waals surface area (Å²) in [6.45, 7) is -0.289. The summed E-state index contributed by atoms with van der Waals surface area (Å²) in [5.41, 5.74) is 1.80. The van der Waals surface area contributed by atoms with Crippen molar-refractivity contribution in [3.05, 3.63) is 35.4 Å². The molecule has 3 fully saturated rings. The highest BCUT2D eigenvalue weighted by Gasteiger charge is 2.47. The fraction of sp³-hybridized carbons (Fsp3) is 0.600. The molecule has 0 bridgehead atoms. The summed E-state index contributed by atoms with van der Waals surface area (Å²) in [7, 11) is 0. The van der Waals surface area contributed by atoms with Crippen LogP contribution in [-0.4, -0.2) is 41.6 Å². The van der Waals surface area contributed by atoms with Gasteiger partial charge in [-0.05, 0) is 37.2 Å². The minimum Gasteiger partial charge on any atom is -0.457 e. The molecule has 0 radical (unpaired) electrons. The molecule has 3 aliphatic rings. The molecular formula is C25H31NO5. The van der Waals surface area contributed by atoms with E-state index in [1.807, 2.05) is 24.3 Å². The minimum absolute atomic E-state index is 0.0355. The van der Waals surface area contributed by atoms with Crippen LogP contribution in [0.2, 0.25) is 0 Å². The van der Waals surface area contributed by atoms with E-state index in [1.54, 1.807) is 0 Å². The van der Waals surface area contributed by atoms with E-state index in [0.29, 0.717) is 11.5 Å². The summed E-state index contributed by atoms with van der Waals surface area (Å²) >= 11 is 0. The maximum atomic E-state index is 12.5. The molecule has 6 nitrogen and oxygen atoms in total. The molecular weight excluding hydrogens is 394 g/mol. The van der Waals surface area contributed by atoms with E-state index in [-0.39, 0.29) is 49.0 Å². The number of rotatable bonds is 7. The number of esters is 1. The molecule has 2 saturated carbocycles. The van der Waals surface area contributed by atoms with Gasteiger partial charge < -0.3 is 4.74 Å². The Bertz CT molecular complexity index is 816. The van der Waals surface area contributed by atoms with Gasteiger partial charge in [0.25, 0.3) is 0 Å². The minimum atomic E-state index is -0.567. The summed E-state index contributed by atoms with van der Waals surface area (Å²) in [6.07, 6.45) is 9.61. The van der Waals surface area contributed by atoms with E-state index in [4.69, 9.17) is 4.74 Å². The number of hydrogen-bond acceptors (Lipinski definition) is 5. The van der Waals surface area contributed by atoms with E-state index in [2.05, 4.69) is 0 Å². The number of Topliss-reactive ketones (excluding diaryl/α,β-unsaturated/α-hetero) is 1. The van der Waals surface area contributed by atoms with Gasteiger partial charge in [-0.3, -0.25) is 24.1 Å². The highest BCUT2D eigenvalue weighted by molar-refractivity contribution is 6.05. The van der Waals surface area contributed by atoms with Crippen molar-refractivity contribution in [1.82, 2.24) is 4.90 Å². The average molecular weight is 426 g/mol. The van der Waals surface area contributed by atoms with Crippen molar-refractivity contribution in [3.63, 3.8) is 0 Å². The number of amides is 2. The smallest absolute Gasteiger partial charge is 0.308 e. The summed E-state index contributed by atoms with van der Waals surface area (Å²) in [6, 6.07) is 7.64. The molecule has 166 valence electrons. The third kappa shape index (κ3) is 4.89. The van der Waals surface area contributed by atoms with Crippen LogP contribution in [0.3, 0.4) is 0 Å². The Labute approximate surface area is 183 Å². The zero-order valence-corrected chi connectivity index (χ0v) is 18.0. The number of carbonyl (C=O) groups excluding carboxylic acids is 4. The lowest BCUT2D eigenvalue weighted by molar-refractivity contribution is -0.145. The maximum absolute atomic E-state index is 12.5. The molecule has 2 amide bonds. The van der Waals surface area contributed by atoms with Gasteiger partial charge in [0.05, 0.1) is 18.3 Å². The molecule has 31 heavy (non-hydrogen) atoms. The Morgan fingerprint density at radius 3 is 2.03 bits per heavy atom. The zero-order chi connectivity index (χ0) is 21.8. The third-order valence-electron chi connectivity index (χ3n) is 7.15. The molecule has 0 N–H and O–H groups in total. The Morgan fingerprint density at radius 1 is 0.839 bits per heavy atom. The number of ether oxygens (including phenoxy) is 1. The third-order valence-corrected chi connectivity index (χ3v) is 7.15. The molecule has 1 aliphatic heterocycles. The molecule has 1 aromatic rings. The molecule has 0 unspecified atom stereocenters. The van der Waals surface area contributed by atoms with Gasteiger partial charge in [-0.15, -0.1) is 0 Å². The predicted octanol–water partition coefficient (Wildman–Crippen LogP) is 4.03. The Hall–Kier alpha value is -2.50. The number of benzene rings is 1. The van der Waals surface area contributed by atoms with Crippen LogP contribution in [0, 0.1) is 11.8 Å². The van der Waals surface area contributed by atoms with Crippen molar-refractivity contribution in [3.8, 4) is 0 Å². The lowest BCUT2D eigenvalue weighted by Crippen LogP contribution is -2.33. The Balaban J connectivity index is 1.23. The number of hydrogen-bond donors (Lipinski definition) is 0. The maximum Gasteiger partial charge on any atom is 0.308 e. The number of fused-ring (bicyclic) bond motifs is 1. The highest BCUT2D eigenvalue weighted by atomic mass is 16.5. The van der Waals surface area contributed by atoms with Crippen LogP contribution >= 0.6 is 0 Å². The van der Waals surface area contributed by atoms with Crippen LogP contribution in [0.25, 0.3) is 0 Å². The summed E-state index contributed by atoms with van der Waals surface area (Å²) < 4.78 is 5.12. The number of nitrogens with zero attached hydrogens (tertiary/aromatic N) is 1. The fourth-order valence-electron chi connectivity index (χ4n) is 5.33. The number of ketones is 1. The first-order valence-electron chi connectivity index (χ1n) is 11.7. The lowest BCUT2D eigenvalue weighted by atomic mass is 9.81. The van der Waals surface area contributed by atoms with Gasteiger partial charge >= 0.3 is 5.97 Å². The first kappa shape index (κ1) is 21.7. The van der Waals surface area contributed by atoms with Crippen LogP contribution in [0.1, 0.15) is 86.0 Å².